The second-order valence-corrected chi connectivity index (χ2v) is 4.68. The maximum Gasteiger partial charge on any atom is 0.418 e. The number of anilines is 1. The number of hydrogen-bond donors (Lipinski definition) is 1. The summed E-state index contributed by atoms with van der Waals surface area (Å²) in [6.45, 7) is 0.925. The quantitative estimate of drug-likeness (QED) is 0.918. The summed E-state index contributed by atoms with van der Waals surface area (Å²) in [5, 5.41) is 2.20. The van der Waals surface area contributed by atoms with E-state index in [4.69, 9.17) is 11.6 Å². The first kappa shape index (κ1) is 18.1. The molecule has 0 fully saturated rings. The number of nitrogens with zero attached hydrogens (tertiary/aromatic N) is 1. The third-order valence-corrected chi connectivity index (χ3v) is 2.96. The summed E-state index contributed by atoms with van der Waals surface area (Å²) >= 11 is 5.59. The van der Waals surface area contributed by atoms with Crippen molar-refractivity contribution >= 4 is 29.3 Å². The molecular weight excluding hydrogens is 325 g/mol. The van der Waals surface area contributed by atoms with Crippen LogP contribution in [0.3, 0.4) is 0 Å². The molecule has 0 aromatic heterocycles. The summed E-state index contributed by atoms with van der Waals surface area (Å²) in [6, 6.07) is 3.13. The smallest absolute Gasteiger partial charge is 0.418 e. The Kier molecular flexibility index (Phi) is 6.04. The van der Waals surface area contributed by atoms with Crippen molar-refractivity contribution in [3.63, 3.8) is 0 Å². The fourth-order valence-corrected chi connectivity index (χ4v) is 1.93. The molecule has 0 radical (unpaired) electrons. The van der Waals surface area contributed by atoms with Gasteiger partial charge in [0.05, 0.1) is 18.4 Å². The van der Waals surface area contributed by atoms with Crippen LogP contribution in [-0.2, 0) is 15.7 Å². The molecule has 0 aliphatic rings. The molecule has 1 rings (SSSR count). The monoisotopic (exact) mass is 338 g/mol. The minimum Gasteiger partial charge on any atom is -0.453 e. The number of benzene rings is 1. The number of nitrogens with one attached hydrogen (secondary N) is 1. The van der Waals surface area contributed by atoms with Crippen LogP contribution in [0, 0.1) is 0 Å². The third-order valence-electron chi connectivity index (χ3n) is 2.73. The highest BCUT2D eigenvalue weighted by Gasteiger charge is 2.35. The predicted molar refractivity (Wildman–Crippen MR) is 74.9 cm³/mol. The number of hydrogen-bond acceptors (Lipinski definition) is 3. The molecule has 5 nitrogen and oxygen atoms in total. The van der Waals surface area contributed by atoms with Gasteiger partial charge in [0, 0.05) is 25.0 Å². The SMILES string of the molecule is COC(=O)NCCN(C(C)=O)c1ccc(Cl)cc1C(F)(F)F. The lowest BCUT2D eigenvalue weighted by atomic mass is 10.1. The fraction of sp³-hybridized carbons (Fsp3) is 0.385. The summed E-state index contributed by atoms with van der Waals surface area (Å²) in [5.74, 6) is -0.598. The van der Waals surface area contributed by atoms with E-state index in [0.29, 0.717) is 0 Å². The molecule has 0 aliphatic heterocycles. The Balaban J connectivity index is 3.06. The van der Waals surface area contributed by atoms with Crippen molar-refractivity contribution in [3.8, 4) is 0 Å². The molecule has 2 amide bonds. The van der Waals surface area contributed by atoms with Crippen LogP contribution in [0.2, 0.25) is 5.02 Å². The van der Waals surface area contributed by atoms with Gasteiger partial charge in [0.1, 0.15) is 0 Å². The van der Waals surface area contributed by atoms with Crippen molar-refractivity contribution in [2.45, 2.75) is 13.1 Å². The van der Waals surface area contributed by atoms with Crippen LogP contribution in [0.4, 0.5) is 23.7 Å². The van der Waals surface area contributed by atoms with Gasteiger partial charge in [0.15, 0.2) is 0 Å². The van der Waals surface area contributed by atoms with E-state index in [0.717, 1.165) is 31.1 Å². The van der Waals surface area contributed by atoms with Gasteiger partial charge in [0.2, 0.25) is 5.91 Å². The molecule has 22 heavy (non-hydrogen) atoms. The maximum atomic E-state index is 13.1. The van der Waals surface area contributed by atoms with Crippen LogP contribution < -0.4 is 10.2 Å². The number of carbonyl (C=O) groups excluding carboxylic acids is 2. The lowest BCUT2D eigenvalue weighted by Gasteiger charge is -2.25. The van der Waals surface area contributed by atoms with Crippen LogP contribution in [0.1, 0.15) is 12.5 Å². The Hall–Kier alpha value is -1.96. The molecule has 0 aliphatic carbocycles. The molecule has 0 saturated carbocycles. The van der Waals surface area contributed by atoms with E-state index in [1.54, 1.807) is 0 Å². The van der Waals surface area contributed by atoms with E-state index in [9.17, 15) is 22.8 Å². The van der Waals surface area contributed by atoms with E-state index >= 15 is 0 Å². The first-order valence-electron chi connectivity index (χ1n) is 6.13. The van der Waals surface area contributed by atoms with E-state index in [2.05, 4.69) is 10.1 Å². The Bertz CT molecular complexity index is 564. The van der Waals surface area contributed by atoms with E-state index < -0.39 is 23.7 Å². The van der Waals surface area contributed by atoms with Crippen molar-refractivity contribution in [2.24, 2.45) is 0 Å². The van der Waals surface area contributed by atoms with Crippen LogP contribution in [0.5, 0.6) is 0 Å². The number of rotatable bonds is 4. The molecule has 1 N–H and O–H groups in total. The average Bonchev–Trinajstić information content (AvgIpc) is 2.42. The van der Waals surface area contributed by atoms with Gasteiger partial charge in [-0.2, -0.15) is 13.2 Å². The number of alkyl halides is 3. The van der Waals surface area contributed by atoms with Crippen LogP contribution in [0.25, 0.3) is 0 Å². The fourth-order valence-electron chi connectivity index (χ4n) is 1.76. The minimum absolute atomic E-state index is 0.0633. The second-order valence-electron chi connectivity index (χ2n) is 4.25. The molecule has 0 heterocycles. The van der Waals surface area contributed by atoms with E-state index in [1.165, 1.54) is 6.07 Å². The van der Waals surface area contributed by atoms with Crippen LogP contribution in [0.15, 0.2) is 18.2 Å². The van der Waals surface area contributed by atoms with Gasteiger partial charge >= 0.3 is 12.3 Å². The Labute approximate surface area is 130 Å². The molecule has 122 valence electrons. The maximum absolute atomic E-state index is 13.1. The van der Waals surface area contributed by atoms with Gasteiger partial charge < -0.3 is 15.0 Å². The summed E-state index contributed by atoms with van der Waals surface area (Å²) in [6.07, 6.45) is -5.40. The standard InChI is InChI=1S/C13H14ClF3N2O3/c1-8(20)19(6-5-18-12(21)22-2)11-4-3-9(14)7-10(11)13(15,16)17/h3-4,7H,5-6H2,1-2H3,(H,18,21). The lowest BCUT2D eigenvalue weighted by Crippen LogP contribution is -2.38. The summed E-state index contributed by atoms with van der Waals surface area (Å²) in [5.41, 5.74) is -1.34. The van der Waals surface area contributed by atoms with Crippen molar-refractivity contribution in [2.75, 3.05) is 25.1 Å². The zero-order chi connectivity index (χ0) is 16.9. The molecule has 0 saturated heterocycles. The highest BCUT2D eigenvalue weighted by atomic mass is 35.5. The van der Waals surface area contributed by atoms with Gasteiger partial charge in [-0.05, 0) is 18.2 Å². The number of ether oxygens (including phenoxy) is 1. The van der Waals surface area contributed by atoms with Crippen molar-refractivity contribution < 1.29 is 27.5 Å². The Morgan fingerprint density at radius 1 is 1.36 bits per heavy atom. The van der Waals surface area contributed by atoms with Crippen molar-refractivity contribution in [1.29, 1.82) is 0 Å². The zero-order valence-electron chi connectivity index (χ0n) is 11.8. The second kappa shape index (κ2) is 7.35. The number of methoxy groups -OCH3 is 1. The number of halogens is 4. The predicted octanol–water partition coefficient (Wildman–Crippen LogP) is 3.07. The first-order chi connectivity index (χ1) is 10.2. The van der Waals surface area contributed by atoms with Gasteiger partial charge in [-0.15, -0.1) is 0 Å². The van der Waals surface area contributed by atoms with Crippen molar-refractivity contribution in [3.05, 3.63) is 28.8 Å². The zero-order valence-corrected chi connectivity index (χ0v) is 12.6. The van der Waals surface area contributed by atoms with Crippen LogP contribution >= 0.6 is 11.6 Å². The molecule has 0 spiro atoms. The average molecular weight is 339 g/mol. The number of carbonyl (C=O) groups is 2. The van der Waals surface area contributed by atoms with Gasteiger partial charge in [-0.3, -0.25) is 4.79 Å². The molecule has 1 aromatic carbocycles. The van der Waals surface area contributed by atoms with E-state index in [-0.39, 0.29) is 23.8 Å². The largest absolute Gasteiger partial charge is 0.453 e. The summed E-state index contributed by atoms with van der Waals surface area (Å²) in [7, 11) is 1.15. The van der Waals surface area contributed by atoms with Crippen LogP contribution in [-0.4, -0.2) is 32.2 Å². The van der Waals surface area contributed by atoms with Crippen molar-refractivity contribution in [1.82, 2.24) is 5.32 Å². The highest BCUT2D eigenvalue weighted by Crippen LogP contribution is 2.38. The third kappa shape index (κ3) is 4.80. The normalized spacial score (nSPS) is 11.0. The summed E-state index contributed by atoms with van der Waals surface area (Å²) < 4.78 is 43.6. The topological polar surface area (TPSA) is 58.6 Å². The molecular formula is C13H14ClF3N2O3. The molecule has 0 unspecified atom stereocenters. The Morgan fingerprint density at radius 2 is 2.00 bits per heavy atom. The molecule has 0 bridgehead atoms. The van der Waals surface area contributed by atoms with Gasteiger partial charge in [0.25, 0.3) is 0 Å². The highest BCUT2D eigenvalue weighted by molar-refractivity contribution is 6.30. The number of amides is 2. The van der Waals surface area contributed by atoms with E-state index in [1.807, 2.05) is 0 Å². The van der Waals surface area contributed by atoms with Gasteiger partial charge in [-0.1, -0.05) is 11.6 Å². The lowest BCUT2D eigenvalue weighted by molar-refractivity contribution is -0.137. The summed E-state index contributed by atoms with van der Waals surface area (Å²) in [4.78, 5) is 23.5. The first-order valence-corrected chi connectivity index (χ1v) is 6.51. The van der Waals surface area contributed by atoms with Gasteiger partial charge in [-0.25, -0.2) is 4.79 Å². The Morgan fingerprint density at radius 3 is 2.50 bits per heavy atom. The number of alkyl carbamates (subject to hydrolysis) is 1. The minimum atomic E-state index is -4.66. The molecule has 1 aromatic rings. The molecule has 0 atom stereocenters. The molecule has 9 heteroatoms.